The van der Waals surface area contributed by atoms with Gasteiger partial charge >= 0.3 is 0 Å². The van der Waals surface area contributed by atoms with Crippen molar-refractivity contribution in [3.63, 3.8) is 0 Å². The first kappa shape index (κ1) is 13.6. The van der Waals surface area contributed by atoms with Crippen LogP contribution in [-0.4, -0.2) is 49.1 Å². The van der Waals surface area contributed by atoms with Crippen molar-refractivity contribution in [2.75, 3.05) is 32.7 Å². The quantitative estimate of drug-likeness (QED) is 0.945. The molecule has 2 aliphatic rings. The Labute approximate surface area is 129 Å². The first-order valence-electron chi connectivity index (χ1n) is 7.90. The van der Waals surface area contributed by atoms with Crippen LogP contribution in [0.15, 0.2) is 41.4 Å². The summed E-state index contributed by atoms with van der Waals surface area (Å²) in [4.78, 5) is 19.7. The molecule has 2 heterocycles. The molecule has 1 fully saturated rings. The lowest BCUT2D eigenvalue weighted by Crippen LogP contribution is -2.44. The number of hydrogen-bond donors (Lipinski definition) is 1. The number of Topliss-reactive ketones (excluding diaryl/α,β-unsaturated/α-hetero) is 1. The highest BCUT2D eigenvalue weighted by molar-refractivity contribution is 6.51. The van der Waals surface area contributed by atoms with Gasteiger partial charge in [-0.1, -0.05) is 30.3 Å². The van der Waals surface area contributed by atoms with Gasteiger partial charge in [0.15, 0.2) is 0 Å². The Morgan fingerprint density at radius 3 is 2.77 bits per heavy atom. The van der Waals surface area contributed by atoms with Gasteiger partial charge in [0.1, 0.15) is 0 Å². The first-order valence-corrected chi connectivity index (χ1v) is 7.90. The zero-order valence-corrected chi connectivity index (χ0v) is 12.5. The minimum atomic E-state index is 0.113. The Morgan fingerprint density at radius 1 is 1.09 bits per heavy atom. The fourth-order valence-corrected chi connectivity index (χ4v) is 3.30. The molecule has 0 unspecified atom stereocenters. The summed E-state index contributed by atoms with van der Waals surface area (Å²) in [5, 5.41) is 5.47. The van der Waals surface area contributed by atoms with Gasteiger partial charge in [-0.15, -0.1) is 0 Å². The smallest absolute Gasteiger partial charge is 0.210 e. The zero-order chi connectivity index (χ0) is 14.9. The molecule has 4 heteroatoms. The first-order chi connectivity index (χ1) is 10.8. The van der Waals surface area contributed by atoms with E-state index in [-0.39, 0.29) is 5.78 Å². The number of benzene rings is 2. The summed E-state index contributed by atoms with van der Waals surface area (Å²) >= 11 is 0. The van der Waals surface area contributed by atoms with E-state index in [1.807, 2.05) is 36.4 Å². The standard InChI is InChI=1S/C18H19N3O/c22-18-16(7-10-21-11-8-19-9-12-21)20-15-6-5-13-3-1-2-4-14(13)17(15)18/h1-6,19H,7-12H2. The van der Waals surface area contributed by atoms with Gasteiger partial charge in [-0.3, -0.25) is 4.79 Å². The maximum Gasteiger partial charge on any atom is 0.210 e. The fourth-order valence-electron chi connectivity index (χ4n) is 3.30. The van der Waals surface area contributed by atoms with Crippen molar-refractivity contribution in [1.29, 1.82) is 0 Å². The van der Waals surface area contributed by atoms with E-state index in [2.05, 4.69) is 15.2 Å². The molecule has 2 aromatic rings. The number of carbonyl (C=O) groups is 1. The van der Waals surface area contributed by atoms with Crippen molar-refractivity contribution in [2.24, 2.45) is 4.99 Å². The van der Waals surface area contributed by atoms with Crippen LogP contribution in [0.5, 0.6) is 0 Å². The van der Waals surface area contributed by atoms with E-state index in [9.17, 15) is 4.79 Å². The molecule has 4 nitrogen and oxygen atoms in total. The number of aliphatic imine (C=N–C) groups is 1. The fraction of sp³-hybridized carbons (Fsp3) is 0.333. The lowest BCUT2D eigenvalue weighted by Gasteiger charge is -2.26. The predicted octanol–water partition coefficient (Wildman–Crippen LogP) is 2.40. The molecule has 2 aliphatic heterocycles. The number of fused-ring (bicyclic) bond motifs is 3. The Morgan fingerprint density at radius 2 is 1.91 bits per heavy atom. The Balaban J connectivity index is 1.56. The molecule has 4 rings (SSSR count). The van der Waals surface area contributed by atoms with E-state index in [4.69, 9.17) is 0 Å². The third-order valence-electron chi connectivity index (χ3n) is 4.53. The second-order valence-corrected chi connectivity index (χ2v) is 5.91. The number of carbonyl (C=O) groups excluding carboxylic acids is 1. The van der Waals surface area contributed by atoms with E-state index >= 15 is 0 Å². The molecule has 0 atom stereocenters. The number of nitrogens with one attached hydrogen (secondary N) is 1. The number of ketones is 1. The summed E-state index contributed by atoms with van der Waals surface area (Å²) < 4.78 is 0. The van der Waals surface area contributed by atoms with E-state index in [1.165, 1.54) is 0 Å². The molecule has 0 bridgehead atoms. The van der Waals surface area contributed by atoms with Crippen LogP contribution < -0.4 is 5.32 Å². The van der Waals surface area contributed by atoms with Crippen LogP contribution in [-0.2, 0) is 0 Å². The van der Waals surface area contributed by atoms with Gasteiger partial charge in [-0.25, -0.2) is 4.99 Å². The van der Waals surface area contributed by atoms with Gasteiger partial charge in [0.25, 0.3) is 0 Å². The molecule has 1 saturated heterocycles. The van der Waals surface area contributed by atoms with E-state index < -0.39 is 0 Å². The number of nitrogens with zero attached hydrogens (tertiary/aromatic N) is 2. The summed E-state index contributed by atoms with van der Waals surface area (Å²) in [6.45, 7) is 5.09. The topological polar surface area (TPSA) is 44.7 Å². The second kappa shape index (κ2) is 5.63. The largest absolute Gasteiger partial charge is 0.314 e. The third kappa shape index (κ3) is 2.34. The number of rotatable bonds is 3. The summed E-state index contributed by atoms with van der Waals surface area (Å²) in [5.41, 5.74) is 2.33. The van der Waals surface area contributed by atoms with E-state index in [0.29, 0.717) is 5.71 Å². The van der Waals surface area contributed by atoms with Crippen molar-refractivity contribution in [1.82, 2.24) is 10.2 Å². The molecule has 1 N–H and O–H groups in total. The van der Waals surface area contributed by atoms with E-state index in [0.717, 1.165) is 61.2 Å². The summed E-state index contributed by atoms with van der Waals surface area (Å²) in [6.07, 6.45) is 0.738. The maximum absolute atomic E-state index is 12.7. The molecule has 0 aromatic heterocycles. The van der Waals surface area contributed by atoms with Crippen LogP contribution in [0.1, 0.15) is 16.8 Å². The lowest BCUT2D eigenvalue weighted by molar-refractivity contribution is 0.106. The highest BCUT2D eigenvalue weighted by Crippen LogP contribution is 2.33. The molecular formula is C18H19N3O. The summed E-state index contributed by atoms with van der Waals surface area (Å²) in [5.74, 6) is 0.113. The minimum Gasteiger partial charge on any atom is -0.314 e. The summed E-state index contributed by atoms with van der Waals surface area (Å²) in [7, 11) is 0. The Bertz CT molecular complexity index is 760. The van der Waals surface area contributed by atoms with Crippen LogP contribution in [0.3, 0.4) is 0 Å². The number of piperazine rings is 1. The Hall–Kier alpha value is -2.04. The highest BCUT2D eigenvalue weighted by atomic mass is 16.1. The van der Waals surface area contributed by atoms with Crippen LogP contribution in [0, 0.1) is 0 Å². The molecule has 0 saturated carbocycles. The second-order valence-electron chi connectivity index (χ2n) is 5.91. The van der Waals surface area contributed by atoms with Gasteiger partial charge in [0.2, 0.25) is 5.78 Å². The third-order valence-corrected chi connectivity index (χ3v) is 4.53. The summed E-state index contributed by atoms with van der Waals surface area (Å²) in [6, 6.07) is 12.1. The molecule has 2 aromatic carbocycles. The molecule has 112 valence electrons. The molecule has 22 heavy (non-hydrogen) atoms. The normalized spacial score (nSPS) is 18.5. The maximum atomic E-state index is 12.7. The molecule has 0 amide bonds. The molecule has 0 radical (unpaired) electrons. The van der Waals surface area contributed by atoms with Crippen LogP contribution in [0.25, 0.3) is 10.8 Å². The van der Waals surface area contributed by atoms with Crippen molar-refractivity contribution in [2.45, 2.75) is 6.42 Å². The van der Waals surface area contributed by atoms with Gasteiger partial charge in [-0.2, -0.15) is 0 Å². The van der Waals surface area contributed by atoms with Crippen molar-refractivity contribution < 1.29 is 4.79 Å². The van der Waals surface area contributed by atoms with Crippen molar-refractivity contribution >= 4 is 28.0 Å². The highest BCUT2D eigenvalue weighted by Gasteiger charge is 2.26. The van der Waals surface area contributed by atoms with Gasteiger partial charge in [0, 0.05) is 39.1 Å². The average molecular weight is 293 g/mol. The number of hydrogen-bond acceptors (Lipinski definition) is 4. The van der Waals surface area contributed by atoms with Crippen molar-refractivity contribution in [3.05, 3.63) is 42.0 Å². The van der Waals surface area contributed by atoms with Crippen molar-refractivity contribution in [3.8, 4) is 0 Å². The monoisotopic (exact) mass is 293 g/mol. The lowest BCUT2D eigenvalue weighted by atomic mass is 9.99. The van der Waals surface area contributed by atoms with Crippen LogP contribution in [0.4, 0.5) is 5.69 Å². The van der Waals surface area contributed by atoms with Crippen LogP contribution >= 0.6 is 0 Å². The minimum absolute atomic E-state index is 0.113. The average Bonchev–Trinajstić information content (AvgIpc) is 2.90. The van der Waals surface area contributed by atoms with E-state index in [1.54, 1.807) is 0 Å². The Kier molecular flexibility index (Phi) is 3.48. The van der Waals surface area contributed by atoms with Gasteiger partial charge < -0.3 is 10.2 Å². The molecule has 0 spiro atoms. The SMILES string of the molecule is O=C1C(CCN2CCNCC2)=Nc2ccc3ccccc3c21. The predicted molar refractivity (Wildman–Crippen MR) is 89.3 cm³/mol. The zero-order valence-electron chi connectivity index (χ0n) is 12.5. The molecular weight excluding hydrogens is 274 g/mol. The van der Waals surface area contributed by atoms with Gasteiger partial charge in [-0.05, 0) is 16.8 Å². The van der Waals surface area contributed by atoms with Gasteiger partial charge in [0.05, 0.1) is 17.0 Å². The van der Waals surface area contributed by atoms with Crippen LogP contribution in [0.2, 0.25) is 0 Å². The molecule has 0 aliphatic carbocycles.